The molecule has 1 aliphatic heterocycles. The summed E-state index contributed by atoms with van der Waals surface area (Å²) in [6, 6.07) is 22.2. The normalized spacial score (nSPS) is 21.1. The summed E-state index contributed by atoms with van der Waals surface area (Å²) in [5.41, 5.74) is -0.852. The molecule has 1 saturated heterocycles. The van der Waals surface area contributed by atoms with E-state index in [4.69, 9.17) is 13.0 Å². The fraction of sp³-hybridized carbons (Fsp3) is 0.333. The molecular weight excluding hydrogens is 384 g/mol. The van der Waals surface area contributed by atoms with Crippen molar-refractivity contribution in [2.24, 2.45) is 0 Å². The molecule has 0 aliphatic carbocycles. The summed E-state index contributed by atoms with van der Waals surface area (Å²) in [6.07, 6.45) is 2.74. The third-order valence-electron chi connectivity index (χ3n) is 4.53. The Bertz CT molecular complexity index is 748. The number of hydrogen-bond donors (Lipinski definition) is 0. The van der Waals surface area contributed by atoms with Crippen molar-refractivity contribution < 1.29 is 26.1 Å². The highest BCUT2D eigenvalue weighted by Gasteiger charge is 2.40. The molecule has 1 fully saturated rings. The van der Waals surface area contributed by atoms with Crippen molar-refractivity contribution in [2.75, 3.05) is 6.66 Å². The summed E-state index contributed by atoms with van der Waals surface area (Å²) >= 11 is 0. The summed E-state index contributed by atoms with van der Waals surface area (Å²) in [5, 5.41) is 0. The maximum atomic E-state index is 10.7. The minimum atomic E-state index is -6.09. The predicted molar refractivity (Wildman–Crippen MR) is 97.6 cm³/mol. The molecule has 3 rings (SSSR count). The molecule has 0 saturated carbocycles. The third-order valence-corrected chi connectivity index (χ3v) is 8.54. The van der Waals surface area contributed by atoms with Gasteiger partial charge in [0.1, 0.15) is 0 Å². The summed E-state index contributed by atoms with van der Waals surface area (Å²) in [6.45, 7) is 2.52. The molecule has 0 radical (unpaired) electrons. The van der Waals surface area contributed by atoms with Gasteiger partial charge in [-0.15, -0.1) is 0 Å². The number of hydrogen-bond acceptors (Lipinski definition) is 3. The minimum Gasteiger partial charge on any atom is -0.741 e. The summed E-state index contributed by atoms with van der Waals surface area (Å²) in [7, 11) is -6.43. The standard InChI is InChI=1S/C17H19P.CHF3O3S/c1-18-16(14-8-4-2-5-9-14)12-13-17(18)15-10-6-3-7-11-15;2-1(3,4)8(5,6)7/h2-11,16-17H,12-13H2,1H3;(H,5,6,7)/t16-,17-;/m0./s1. The van der Waals surface area contributed by atoms with Crippen LogP contribution in [0, 0.1) is 0 Å². The molecule has 0 amide bonds. The fourth-order valence-electron chi connectivity index (χ4n) is 3.26. The van der Waals surface area contributed by atoms with Crippen molar-refractivity contribution in [3.05, 3.63) is 71.8 Å². The van der Waals surface area contributed by atoms with Gasteiger partial charge in [-0.1, -0.05) is 60.7 Å². The number of benzene rings is 2. The second-order valence-corrected chi connectivity index (χ2v) is 10.4. The first-order valence-corrected chi connectivity index (χ1v) is 11.6. The molecule has 0 unspecified atom stereocenters. The van der Waals surface area contributed by atoms with Gasteiger partial charge < -0.3 is 4.55 Å². The van der Waals surface area contributed by atoms with Gasteiger partial charge in [-0.2, -0.15) is 13.2 Å². The molecule has 2 atom stereocenters. The van der Waals surface area contributed by atoms with E-state index in [2.05, 4.69) is 67.3 Å². The molecule has 142 valence electrons. The zero-order valence-electron chi connectivity index (χ0n) is 14.1. The lowest BCUT2D eigenvalue weighted by Gasteiger charge is -2.15. The average molecular weight is 404 g/mol. The van der Waals surface area contributed by atoms with Crippen LogP contribution in [-0.2, 0) is 10.1 Å². The van der Waals surface area contributed by atoms with Gasteiger partial charge in [-0.3, -0.25) is 0 Å². The summed E-state index contributed by atoms with van der Waals surface area (Å²) < 4.78 is 58.9. The van der Waals surface area contributed by atoms with Crippen LogP contribution in [0.3, 0.4) is 0 Å². The van der Waals surface area contributed by atoms with Crippen LogP contribution in [-0.4, -0.2) is 25.1 Å². The first-order valence-electron chi connectivity index (χ1n) is 8.06. The van der Waals surface area contributed by atoms with E-state index in [1.54, 1.807) is 11.1 Å². The molecule has 0 spiro atoms. The number of rotatable bonds is 2. The minimum absolute atomic E-state index is 0.339. The van der Waals surface area contributed by atoms with E-state index in [9.17, 15) is 13.2 Å². The van der Waals surface area contributed by atoms with Crippen LogP contribution in [0.5, 0.6) is 0 Å². The SMILES string of the molecule is C[PH+]1[C@H](c2ccccc2)CC[C@H]1c1ccccc1.O=S(=O)([O-])C(F)(F)F. The second-order valence-electron chi connectivity index (χ2n) is 6.15. The van der Waals surface area contributed by atoms with Crippen LogP contribution in [0.2, 0.25) is 0 Å². The van der Waals surface area contributed by atoms with Crippen LogP contribution < -0.4 is 0 Å². The maximum absolute atomic E-state index is 10.7. The largest absolute Gasteiger partial charge is 0.741 e. The highest BCUT2D eigenvalue weighted by molar-refractivity contribution is 7.86. The first kappa shape index (κ1) is 20.9. The van der Waals surface area contributed by atoms with E-state index in [1.165, 1.54) is 12.8 Å². The molecular formula is C18H20F3O3PS. The zero-order valence-corrected chi connectivity index (χ0v) is 15.9. The van der Waals surface area contributed by atoms with Gasteiger partial charge in [0.2, 0.25) is 0 Å². The highest BCUT2D eigenvalue weighted by atomic mass is 32.2. The van der Waals surface area contributed by atoms with E-state index in [0.717, 1.165) is 11.3 Å². The Kier molecular flexibility index (Phi) is 6.83. The van der Waals surface area contributed by atoms with Crippen molar-refractivity contribution >= 4 is 18.0 Å². The van der Waals surface area contributed by atoms with E-state index >= 15 is 0 Å². The Morgan fingerprint density at radius 1 is 0.885 bits per heavy atom. The predicted octanol–water partition coefficient (Wildman–Crippen LogP) is 5.16. The molecule has 8 heteroatoms. The Balaban J connectivity index is 0.000000260. The van der Waals surface area contributed by atoms with Gasteiger partial charge in [-0.05, 0) is 24.0 Å². The zero-order chi connectivity index (χ0) is 19.4. The van der Waals surface area contributed by atoms with Crippen LogP contribution in [0.15, 0.2) is 60.7 Å². The average Bonchev–Trinajstić information content (AvgIpc) is 2.97. The van der Waals surface area contributed by atoms with E-state index in [-0.39, 0.29) is 7.92 Å². The molecule has 2 aromatic carbocycles. The molecule has 1 heterocycles. The lowest BCUT2D eigenvalue weighted by molar-refractivity contribution is -0.0517. The molecule has 2 aromatic rings. The van der Waals surface area contributed by atoms with Crippen LogP contribution in [0.4, 0.5) is 13.2 Å². The number of halogens is 3. The lowest BCUT2D eigenvalue weighted by Crippen LogP contribution is -2.21. The Labute approximate surface area is 152 Å². The Hall–Kier alpha value is -1.43. The monoisotopic (exact) mass is 404 g/mol. The Morgan fingerprint density at radius 2 is 1.19 bits per heavy atom. The molecule has 1 aliphatic rings. The molecule has 0 bridgehead atoms. The molecule has 0 N–H and O–H groups in total. The van der Waals surface area contributed by atoms with Crippen molar-refractivity contribution in [2.45, 2.75) is 29.7 Å². The first-order chi connectivity index (χ1) is 12.1. The Morgan fingerprint density at radius 3 is 1.46 bits per heavy atom. The quantitative estimate of drug-likeness (QED) is 0.395. The van der Waals surface area contributed by atoms with Crippen molar-refractivity contribution in [1.29, 1.82) is 0 Å². The molecule has 3 nitrogen and oxygen atoms in total. The van der Waals surface area contributed by atoms with Crippen LogP contribution >= 0.6 is 7.92 Å². The van der Waals surface area contributed by atoms with Crippen molar-refractivity contribution in [3.8, 4) is 0 Å². The van der Waals surface area contributed by atoms with E-state index in [1.807, 2.05) is 0 Å². The smallest absolute Gasteiger partial charge is 0.485 e. The summed E-state index contributed by atoms with van der Waals surface area (Å²) in [4.78, 5) is 0. The van der Waals surface area contributed by atoms with Gasteiger partial charge >= 0.3 is 5.51 Å². The topological polar surface area (TPSA) is 57.2 Å². The van der Waals surface area contributed by atoms with Crippen molar-refractivity contribution in [1.82, 2.24) is 0 Å². The van der Waals surface area contributed by atoms with Gasteiger partial charge in [-0.25, -0.2) is 8.42 Å². The van der Waals surface area contributed by atoms with Crippen LogP contribution in [0.25, 0.3) is 0 Å². The highest BCUT2D eigenvalue weighted by Crippen LogP contribution is 2.67. The lowest BCUT2D eigenvalue weighted by atomic mass is 10.0. The van der Waals surface area contributed by atoms with Gasteiger partial charge in [0.05, 0.1) is 11.3 Å². The third kappa shape index (κ3) is 5.29. The maximum Gasteiger partial charge on any atom is 0.485 e. The van der Waals surface area contributed by atoms with Gasteiger partial charge in [0.15, 0.2) is 10.1 Å². The van der Waals surface area contributed by atoms with Gasteiger partial charge in [0.25, 0.3) is 0 Å². The van der Waals surface area contributed by atoms with E-state index in [0.29, 0.717) is 0 Å². The molecule has 0 aromatic heterocycles. The van der Waals surface area contributed by atoms with Crippen LogP contribution in [0.1, 0.15) is 35.3 Å². The fourth-order valence-corrected chi connectivity index (χ4v) is 6.43. The van der Waals surface area contributed by atoms with Crippen molar-refractivity contribution in [3.63, 3.8) is 0 Å². The number of alkyl halides is 3. The molecule has 26 heavy (non-hydrogen) atoms. The second kappa shape index (κ2) is 8.51. The van der Waals surface area contributed by atoms with E-state index < -0.39 is 15.6 Å². The summed E-state index contributed by atoms with van der Waals surface area (Å²) in [5.74, 6) is 0. The van der Waals surface area contributed by atoms with Gasteiger partial charge in [0, 0.05) is 14.6 Å².